The van der Waals surface area contributed by atoms with E-state index in [1.54, 1.807) is 14.2 Å². The molecular weight excluding hydrogens is 753 g/mol. The van der Waals surface area contributed by atoms with E-state index in [0.717, 1.165) is 29.1 Å². The number of nitrogens with one attached hydrogen (secondary N) is 1. The number of benzene rings is 2. The summed E-state index contributed by atoms with van der Waals surface area (Å²) in [6, 6.07) is 10.3. The molecule has 1 unspecified atom stereocenters. The lowest BCUT2D eigenvalue weighted by molar-refractivity contribution is -0.228. The van der Waals surface area contributed by atoms with Crippen molar-refractivity contribution in [3.63, 3.8) is 0 Å². The van der Waals surface area contributed by atoms with E-state index < -0.39 is 70.4 Å². The molecule has 10 atom stereocenters. The van der Waals surface area contributed by atoms with Crippen LogP contribution in [0, 0.1) is 11.3 Å². The van der Waals surface area contributed by atoms with Crippen molar-refractivity contribution in [2.75, 3.05) is 66.0 Å². The molecule has 2 aromatic carbocycles. The molecule has 2 saturated heterocycles. The highest BCUT2D eigenvalue weighted by Gasteiger charge is 2.80. The van der Waals surface area contributed by atoms with Gasteiger partial charge in [0.05, 0.1) is 33.0 Å². The van der Waals surface area contributed by atoms with Crippen molar-refractivity contribution >= 4 is 34.5 Å². The fourth-order valence-corrected chi connectivity index (χ4v) is 13.4. The number of hydrogen-bond donors (Lipinski definition) is 3. The van der Waals surface area contributed by atoms with Crippen LogP contribution >= 0.6 is 0 Å². The Morgan fingerprint density at radius 1 is 0.983 bits per heavy atom. The smallest absolute Gasteiger partial charge is 0.344 e. The van der Waals surface area contributed by atoms with Crippen LogP contribution in [0.2, 0.25) is 0 Å². The van der Waals surface area contributed by atoms with Crippen molar-refractivity contribution in [2.24, 2.45) is 11.3 Å². The van der Waals surface area contributed by atoms with Crippen molar-refractivity contribution in [3.8, 4) is 5.75 Å². The number of fused-ring (bicyclic) bond motifs is 6. The van der Waals surface area contributed by atoms with Gasteiger partial charge in [0, 0.05) is 95.0 Å². The maximum atomic E-state index is 15.4. The summed E-state index contributed by atoms with van der Waals surface area (Å²) in [6.07, 6.45) is 4.78. The maximum absolute atomic E-state index is 15.4. The number of nitrogens with zero attached hydrogens (tertiary/aromatic N) is 3. The Morgan fingerprint density at radius 3 is 2.47 bits per heavy atom. The number of aromatic amines is 1. The summed E-state index contributed by atoms with van der Waals surface area (Å²) in [6.45, 7) is 3.64. The highest BCUT2D eigenvalue weighted by molar-refractivity contribution is 5.95. The van der Waals surface area contributed by atoms with Gasteiger partial charge in [-0.05, 0) is 74.2 Å². The summed E-state index contributed by atoms with van der Waals surface area (Å²) < 4.78 is 47.5. The number of rotatable bonds is 7. The minimum Gasteiger partial charge on any atom is -0.496 e. The van der Waals surface area contributed by atoms with Gasteiger partial charge < -0.3 is 39.0 Å². The summed E-state index contributed by atoms with van der Waals surface area (Å²) in [7, 11) is 5.87. The Labute approximate surface area is 349 Å². The van der Waals surface area contributed by atoms with Crippen molar-refractivity contribution in [1.82, 2.24) is 14.8 Å². The highest BCUT2D eigenvalue weighted by Crippen LogP contribution is 2.68. The second-order valence-corrected chi connectivity index (χ2v) is 18.0. The number of likely N-dealkylation sites (N-methyl/N-ethyl adjacent to an activating group) is 1. The number of H-pyrrole nitrogens is 1. The predicted molar refractivity (Wildman–Crippen MR) is 220 cm³/mol. The first-order chi connectivity index (χ1) is 29.4. The van der Waals surface area contributed by atoms with Crippen LogP contribution < -0.4 is 9.64 Å². The maximum Gasteiger partial charge on any atom is 0.344 e. The Hall–Kier alpha value is -4.43. The predicted octanol–water partition coefficient (Wildman–Crippen LogP) is 3.99. The molecule has 0 amide bonds. The van der Waals surface area contributed by atoms with Gasteiger partial charge >= 0.3 is 17.9 Å². The van der Waals surface area contributed by atoms with Crippen LogP contribution in [0.15, 0.2) is 48.6 Å². The van der Waals surface area contributed by atoms with Gasteiger partial charge in [-0.25, -0.2) is 4.79 Å². The molecule has 1 spiro atoms. The number of ether oxygens (including phenoxy) is 4. The van der Waals surface area contributed by atoms with E-state index in [4.69, 9.17) is 23.1 Å². The number of carbonyl (C=O) groups is 3. The molecule has 13 heteroatoms. The number of piperidine rings is 1. The standard InChI is InChI=1S/C46H58N4O9/c1-8-42(54)23-28-24-45(40(52)57-6,36-30(15-19-49(25-28)26-42)29-13-10-11-14-33(29)47-36)32-21-31-34(22-35(32)56-5)48(4)38-44(31)17-20-50-18-12-16-43(9-2,37(44)50)39(59-27(3)51)46(38,55)41(53)58-7/h10-14,16,21-22,28,37-39,47,54-55H,8-9,15,17-20,23-26H2,1-7H3/t28-,37-,38+,39+,42+,43+,44+,45+,46-/m0/s1/i3D3. The Morgan fingerprint density at radius 2 is 1.76 bits per heavy atom. The van der Waals surface area contributed by atoms with E-state index >= 15 is 4.79 Å². The van der Waals surface area contributed by atoms with Crippen LogP contribution in [0.25, 0.3) is 10.9 Å². The van der Waals surface area contributed by atoms with E-state index in [1.807, 2.05) is 61.2 Å². The van der Waals surface area contributed by atoms with Crippen molar-refractivity contribution in [1.29, 1.82) is 0 Å². The molecule has 2 bridgehead atoms. The van der Waals surface area contributed by atoms with Gasteiger partial charge in [-0.1, -0.05) is 44.2 Å². The monoisotopic (exact) mass is 813 g/mol. The quantitative estimate of drug-likeness (QED) is 0.180. The molecule has 13 nitrogen and oxygen atoms in total. The minimum absolute atomic E-state index is 0.150. The van der Waals surface area contributed by atoms with Gasteiger partial charge in [-0.3, -0.25) is 19.4 Å². The van der Waals surface area contributed by atoms with Crippen molar-refractivity contribution in [2.45, 2.75) is 99.4 Å². The SMILES string of the molecule is [2H]C([2H])([2H])C(=O)O[C@@H]1[C@]2(CC)C=CCN3CC[C@@]4(c5cc([C@]6(C(=O)OC)C[C@H]7CN(CCc8c6[nH]c6ccccc86)C[C@@](O)(CC)C7)c(OC)cc5N(C)[C@H]4[C@@]1(O)C(=O)OC)[C@@H]32. The molecule has 0 radical (unpaired) electrons. The third kappa shape index (κ3) is 5.20. The van der Waals surface area contributed by atoms with Crippen LogP contribution in [0.1, 0.15) is 79.3 Å². The molecule has 9 rings (SSSR count). The zero-order valence-corrected chi connectivity index (χ0v) is 34.8. The van der Waals surface area contributed by atoms with E-state index in [0.29, 0.717) is 81.1 Å². The molecule has 5 aliphatic heterocycles. The lowest BCUT2D eigenvalue weighted by atomic mass is 9.47. The molecule has 316 valence electrons. The van der Waals surface area contributed by atoms with Crippen LogP contribution in [0.3, 0.4) is 0 Å². The molecule has 1 aliphatic carbocycles. The third-order valence-corrected chi connectivity index (χ3v) is 15.5. The molecule has 6 heterocycles. The zero-order valence-electron chi connectivity index (χ0n) is 37.8. The highest BCUT2D eigenvalue weighted by atomic mass is 16.6. The number of para-hydroxylation sites is 1. The second kappa shape index (κ2) is 13.8. The normalized spacial score (nSPS) is 37.9. The number of aliphatic hydroxyl groups is 2. The van der Waals surface area contributed by atoms with E-state index in [1.165, 1.54) is 7.11 Å². The fourth-order valence-electron chi connectivity index (χ4n) is 13.4. The van der Waals surface area contributed by atoms with Gasteiger partial charge in [-0.2, -0.15) is 0 Å². The second-order valence-electron chi connectivity index (χ2n) is 18.0. The van der Waals surface area contributed by atoms with E-state index in [9.17, 15) is 19.8 Å². The first-order valence-electron chi connectivity index (χ1n) is 22.5. The number of esters is 3. The number of anilines is 1. The number of aromatic nitrogens is 1. The lowest BCUT2D eigenvalue weighted by Gasteiger charge is -2.63. The Balaban J connectivity index is 1.35. The molecule has 3 aromatic rings. The van der Waals surface area contributed by atoms with E-state index in [-0.39, 0.29) is 18.8 Å². The molecule has 3 N–H and O–H groups in total. The summed E-state index contributed by atoms with van der Waals surface area (Å²) in [5.41, 5.74) is -2.90. The van der Waals surface area contributed by atoms with Crippen LogP contribution in [0.5, 0.6) is 5.75 Å². The average molecular weight is 814 g/mol. The van der Waals surface area contributed by atoms with Gasteiger partial charge in [0.1, 0.15) is 11.2 Å². The molecular formula is C46H58N4O9. The first-order valence-corrected chi connectivity index (χ1v) is 21.0. The zero-order chi connectivity index (χ0) is 44.4. The third-order valence-electron chi connectivity index (χ3n) is 15.5. The summed E-state index contributed by atoms with van der Waals surface area (Å²) >= 11 is 0. The largest absolute Gasteiger partial charge is 0.496 e. The molecule has 1 saturated carbocycles. The number of carbonyl (C=O) groups excluding carboxylic acids is 3. The van der Waals surface area contributed by atoms with E-state index in [2.05, 4.69) is 20.9 Å². The Kier molecular flexibility index (Phi) is 8.52. The first kappa shape index (κ1) is 36.4. The molecule has 1 aromatic heterocycles. The van der Waals surface area contributed by atoms with Gasteiger partial charge in [0.2, 0.25) is 5.60 Å². The van der Waals surface area contributed by atoms with Gasteiger partial charge in [0.25, 0.3) is 0 Å². The van der Waals surface area contributed by atoms with Crippen LogP contribution in [-0.2, 0) is 45.8 Å². The van der Waals surface area contributed by atoms with Crippen molar-refractivity contribution < 1.29 is 47.7 Å². The summed E-state index contributed by atoms with van der Waals surface area (Å²) in [5, 5.41) is 26.4. The summed E-state index contributed by atoms with van der Waals surface area (Å²) in [4.78, 5) is 53.4. The fraction of sp³-hybridized carbons (Fsp3) is 0.587. The number of hydrogen-bond acceptors (Lipinski definition) is 12. The average Bonchev–Trinajstić information content (AvgIpc) is 3.92. The van der Waals surface area contributed by atoms with Crippen molar-refractivity contribution in [3.05, 3.63) is 70.9 Å². The van der Waals surface area contributed by atoms with Gasteiger partial charge in [0.15, 0.2) is 6.10 Å². The number of methoxy groups -OCH3 is 3. The minimum atomic E-state index is -3.18. The molecule has 3 fully saturated rings. The topological polar surface area (TPSA) is 154 Å². The summed E-state index contributed by atoms with van der Waals surface area (Å²) in [5.74, 6) is -2.85. The lowest BCUT2D eigenvalue weighted by Crippen LogP contribution is -2.81. The Bertz CT molecular complexity index is 2370. The van der Waals surface area contributed by atoms with Gasteiger partial charge in [-0.15, -0.1) is 0 Å². The molecule has 59 heavy (non-hydrogen) atoms. The molecule has 6 aliphatic rings. The van der Waals surface area contributed by atoms with Crippen LogP contribution in [0.4, 0.5) is 5.69 Å². The van der Waals surface area contributed by atoms with Crippen LogP contribution in [-0.4, -0.2) is 133 Å².